The second-order valence-electron chi connectivity index (χ2n) is 3.99. The molecular formula is C13H11ClN4O. The third kappa shape index (κ3) is 1.98. The van der Waals surface area contributed by atoms with E-state index < -0.39 is 0 Å². The van der Waals surface area contributed by atoms with Crippen LogP contribution in [0.2, 0.25) is 5.02 Å². The van der Waals surface area contributed by atoms with Crippen molar-refractivity contribution >= 4 is 23.1 Å². The van der Waals surface area contributed by atoms with Gasteiger partial charge in [0.25, 0.3) is 0 Å². The molecule has 0 aliphatic rings. The van der Waals surface area contributed by atoms with Crippen LogP contribution < -0.4 is 10.5 Å². The van der Waals surface area contributed by atoms with E-state index in [1.54, 1.807) is 29.8 Å². The number of nitrogens with zero attached hydrogens (tertiary/aromatic N) is 3. The van der Waals surface area contributed by atoms with Crippen LogP contribution in [0.3, 0.4) is 0 Å². The van der Waals surface area contributed by atoms with Crippen molar-refractivity contribution in [1.29, 1.82) is 0 Å². The Kier molecular flexibility index (Phi) is 2.76. The van der Waals surface area contributed by atoms with Gasteiger partial charge in [0.15, 0.2) is 0 Å². The van der Waals surface area contributed by atoms with Gasteiger partial charge in [0, 0.05) is 12.3 Å². The molecule has 0 saturated heterocycles. The lowest BCUT2D eigenvalue weighted by Gasteiger charge is -2.01. The molecule has 0 aromatic carbocycles. The number of rotatable bonds is 2. The first kappa shape index (κ1) is 11.8. The molecule has 0 bridgehead atoms. The van der Waals surface area contributed by atoms with Crippen LogP contribution in [0.25, 0.3) is 17.0 Å². The molecule has 3 heterocycles. The quantitative estimate of drug-likeness (QED) is 0.780. The lowest BCUT2D eigenvalue weighted by molar-refractivity contribution is 0.398. The Morgan fingerprint density at radius 3 is 2.84 bits per heavy atom. The van der Waals surface area contributed by atoms with Crippen LogP contribution in [0.15, 0.2) is 36.5 Å². The van der Waals surface area contributed by atoms with E-state index in [4.69, 9.17) is 22.1 Å². The van der Waals surface area contributed by atoms with Crippen molar-refractivity contribution in [1.82, 2.24) is 14.4 Å². The Balaban J connectivity index is 2.21. The van der Waals surface area contributed by atoms with Gasteiger partial charge in [0.2, 0.25) is 5.88 Å². The summed E-state index contributed by atoms with van der Waals surface area (Å²) in [7, 11) is 1.57. The summed E-state index contributed by atoms with van der Waals surface area (Å²) in [6, 6.07) is 9.03. The second kappa shape index (κ2) is 4.44. The molecule has 0 unspecified atom stereocenters. The highest BCUT2D eigenvalue weighted by molar-refractivity contribution is 6.30. The van der Waals surface area contributed by atoms with Crippen LogP contribution in [0.4, 0.5) is 5.82 Å². The van der Waals surface area contributed by atoms with Crippen molar-refractivity contribution in [3.05, 3.63) is 41.6 Å². The van der Waals surface area contributed by atoms with Crippen molar-refractivity contribution in [2.45, 2.75) is 0 Å². The number of nitrogen functional groups attached to an aromatic ring is 1. The number of hydrogen-bond donors (Lipinski definition) is 1. The zero-order valence-corrected chi connectivity index (χ0v) is 10.9. The van der Waals surface area contributed by atoms with E-state index in [9.17, 15) is 0 Å². The summed E-state index contributed by atoms with van der Waals surface area (Å²) in [5.41, 5.74) is 8.09. The Hall–Kier alpha value is -2.27. The maximum absolute atomic E-state index is 6.09. The molecule has 6 heteroatoms. The largest absolute Gasteiger partial charge is 0.481 e. The number of aromatic nitrogens is 3. The van der Waals surface area contributed by atoms with Crippen LogP contribution in [0.1, 0.15) is 0 Å². The predicted molar refractivity (Wildman–Crippen MR) is 74.4 cm³/mol. The molecule has 5 nitrogen and oxygen atoms in total. The maximum Gasteiger partial charge on any atom is 0.213 e. The molecule has 0 aliphatic heterocycles. The Morgan fingerprint density at radius 1 is 1.21 bits per heavy atom. The van der Waals surface area contributed by atoms with E-state index in [1.807, 2.05) is 18.2 Å². The smallest absolute Gasteiger partial charge is 0.213 e. The third-order valence-corrected chi connectivity index (χ3v) is 3.02. The Bertz CT molecular complexity index is 753. The van der Waals surface area contributed by atoms with Crippen LogP contribution >= 0.6 is 11.6 Å². The van der Waals surface area contributed by atoms with Crippen LogP contribution in [0, 0.1) is 0 Å². The summed E-state index contributed by atoms with van der Waals surface area (Å²) in [5, 5.41) is 0.599. The van der Waals surface area contributed by atoms with Crippen LogP contribution in [-0.4, -0.2) is 21.5 Å². The topological polar surface area (TPSA) is 65.4 Å². The summed E-state index contributed by atoms with van der Waals surface area (Å²) in [4.78, 5) is 8.79. The minimum absolute atomic E-state index is 0.498. The highest BCUT2D eigenvalue weighted by atomic mass is 35.5. The minimum Gasteiger partial charge on any atom is -0.481 e. The van der Waals surface area contributed by atoms with Crippen LogP contribution in [0.5, 0.6) is 5.88 Å². The molecule has 0 spiro atoms. The lowest BCUT2D eigenvalue weighted by Crippen LogP contribution is -1.95. The van der Waals surface area contributed by atoms with Crippen molar-refractivity contribution < 1.29 is 4.74 Å². The first-order chi connectivity index (χ1) is 9.19. The van der Waals surface area contributed by atoms with Gasteiger partial charge in [-0.1, -0.05) is 17.7 Å². The summed E-state index contributed by atoms with van der Waals surface area (Å²) in [6.45, 7) is 0. The van der Waals surface area contributed by atoms with Crippen molar-refractivity contribution in [3.8, 4) is 17.3 Å². The molecule has 0 fully saturated rings. The number of anilines is 1. The van der Waals surface area contributed by atoms with E-state index in [0.717, 1.165) is 5.65 Å². The van der Waals surface area contributed by atoms with E-state index in [2.05, 4.69) is 9.97 Å². The molecular weight excluding hydrogens is 264 g/mol. The minimum atomic E-state index is 0.498. The van der Waals surface area contributed by atoms with Gasteiger partial charge in [0.05, 0.1) is 17.8 Å². The fourth-order valence-corrected chi connectivity index (χ4v) is 2.05. The van der Waals surface area contributed by atoms with Gasteiger partial charge >= 0.3 is 0 Å². The highest BCUT2D eigenvalue weighted by Gasteiger charge is 2.13. The number of methoxy groups -OCH3 is 1. The molecule has 2 N–H and O–H groups in total. The highest BCUT2D eigenvalue weighted by Crippen LogP contribution is 2.27. The number of imidazole rings is 1. The number of fused-ring (bicyclic) bond motifs is 1. The van der Waals surface area contributed by atoms with E-state index in [0.29, 0.717) is 28.1 Å². The van der Waals surface area contributed by atoms with E-state index in [1.165, 1.54) is 0 Å². The van der Waals surface area contributed by atoms with Gasteiger partial charge in [-0.25, -0.2) is 9.97 Å². The molecule has 0 atom stereocenters. The number of hydrogen-bond acceptors (Lipinski definition) is 4. The van der Waals surface area contributed by atoms with Gasteiger partial charge in [-0.05, 0) is 18.2 Å². The zero-order valence-electron chi connectivity index (χ0n) is 10.2. The number of nitrogens with two attached hydrogens (primary N) is 1. The normalized spacial score (nSPS) is 10.8. The number of halogens is 1. The lowest BCUT2D eigenvalue weighted by atomic mass is 10.3. The third-order valence-electron chi connectivity index (χ3n) is 2.79. The maximum atomic E-state index is 6.09. The summed E-state index contributed by atoms with van der Waals surface area (Å²) in [6.07, 6.45) is 1.73. The molecule has 0 aliphatic carbocycles. The molecule has 3 aromatic heterocycles. The summed E-state index contributed by atoms with van der Waals surface area (Å²) < 4.78 is 6.84. The van der Waals surface area contributed by atoms with E-state index >= 15 is 0 Å². The van der Waals surface area contributed by atoms with Crippen molar-refractivity contribution in [3.63, 3.8) is 0 Å². The molecule has 0 radical (unpaired) electrons. The first-order valence-electron chi connectivity index (χ1n) is 5.63. The van der Waals surface area contributed by atoms with Gasteiger partial charge < -0.3 is 10.5 Å². The summed E-state index contributed by atoms with van der Waals surface area (Å²) >= 11 is 5.95. The fourth-order valence-electron chi connectivity index (χ4n) is 1.89. The van der Waals surface area contributed by atoms with Gasteiger partial charge in [-0.2, -0.15) is 0 Å². The fraction of sp³-hybridized carbons (Fsp3) is 0.0769. The van der Waals surface area contributed by atoms with Crippen LogP contribution in [-0.2, 0) is 0 Å². The predicted octanol–water partition coefficient (Wildman–Crippen LogP) is 2.64. The molecule has 0 amide bonds. The molecule has 3 aromatic rings. The molecule has 0 saturated carbocycles. The van der Waals surface area contributed by atoms with Gasteiger partial charge in [-0.15, -0.1) is 0 Å². The molecule has 96 valence electrons. The van der Waals surface area contributed by atoms with Crippen molar-refractivity contribution in [2.24, 2.45) is 0 Å². The zero-order chi connectivity index (χ0) is 13.4. The average molecular weight is 275 g/mol. The molecule has 3 rings (SSSR count). The monoisotopic (exact) mass is 274 g/mol. The SMILES string of the molecule is COc1cccc(-c2nc3ccc(Cl)cn3c2N)n1. The summed E-state index contributed by atoms with van der Waals surface area (Å²) in [5.74, 6) is 1.02. The van der Waals surface area contributed by atoms with Gasteiger partial charge in [-0.3, -0.25) is 4.40 Å². The number of ether oxygens (including phenoxy) is 1. The van der Waals surface area contributed by atoms with E-state index in [-0.39, 0.29) is 0 Å². The molecule has 19 heavy (non-hydrogen) atoms. The first-order valence-corrected chi connectivity index (χ1v) is 6.01. The average Bonchev–Trinajstić information content (AvgIpc) is 2.76. The second-order valence-corrected chi connectivity index (χ2v) is 4.42. The Labute approximate surface area is 114 Å². The van der Waals surface area contributed by atoms with Crippen molar-refractivity contribution in [2.75, 3.05) is 12.8 Å². The van der Waals surface area contributed by atoms with Gasteiger partial charge in [0.1, 0.15) is 17.2 Å². The Morgan fingerprint density at radius 2 is 2.05 bits per heavy atom. The standard InChI is InChI=1S/C13H11ClN4O/c1-19-11-4-2-3-9(16-11)12-13(15)18-7-8(14)5-6-10(18)17-12/h2-7H,15H2,1H3. The number of pyridine rings is 2.